The second kappa shape index (κ2) is 8.90. The van der Waals surface area contributed by atoms with Crippen molar-refractivity contribution >= 4 is 0 Å². The maximum absolute atomic E-state index is 5.66. The van der Waals surface area contributed by atoms with E-state index in [2.05, 4.69) is 17.6 Å². The van der Waals surface area contributed by atoms with Gasteiger partial charge in [0.15, 0.2) is 0 Å². The van der Waals surface area contributed by atoms with E-state index < -0.39 is 0 Å². The van der Waals surface area contributed by atoms with E-state index in [1.807, 2.05) is 0 Å². The highest BCUT2D eigenvalue weighted by atomic mass is 16.5. The van der Waals surface area contributed by atoms with Crippen molar-refractivity contribution in [2.75, 3.05) is 32.9 Å². The fourth-order valence-corrected chi connectivity index (χ4v) is 2.98. The summed E-state index contributed by atoms with van der Waals surface area (Å²) < 4.78 is 11.2. The fourth-order valence-electron chi connectivity index (χ4n) is 2.98. The Morgan fingerprint density at radius 3 is 3.05 bits per heavy atom. The first-order valence-electron chi connectivity index (χ1n) is 8.00. The molecule has 2 heterocycles. The van der Waals surface area contributed by atoms with Crippen LogP contribution in [0.1, 0.15) is 45.4 Å². The average Bonchev–Trinajstić information content (AvgIpc) is 3.06. The quantitative estimate of drug-likeness (QED) is 0.626. The van der Waals surface area contributed by atoms with Crippen molar-refractivity contribution < 1.29 is 9.47 Å². The summed E-state index contributed by atoms with van der Waals surface area (Å²) in [4.78, 5) is 0. The third-order valence-corrected chi connectivity index (χ3v) is 4.09. The third kappa shape index (κ3) is 6.21. The molecule has 19 heavy (non-hydrogen) atoms. The van der Waals surface area contributed by atoms with Gasteiger partial charge in [-0.1, -0.05) is 0 Å². The SMILES string of the molecule is CC(CC1CCCN1)NCCCOCC1CCCO1. The predicted octanol–water partition coefficient (Wildman–Crippen LogP) is 1.69. The molecule has 0 aromatic carbocycles. The highest BCUT2D eigenvalue weighted by molar-refractivity contribution is 4.78. The van der Waals surface area contributed by atoms with E-state index in [0.29, 0.717) is 12.1 Å². The molecule has 0 saturated carbocycles. The predicted molar refractivity (Wildman–Crippen MR) is 77.5 cm³/mol. The standard InChI is InChI=1S/C15H30N2O2/c1-13(11-14-5-2-7-17-14)16-8-4-9-18-12-15-6-3-10-19-15/h13-17H,2-12H2,1H3. The van der Waals surface area contributed by atoms with Crippen LogP contribution >= 0.6 is 0 Å². The molecule has 3 unspecified atom stereocenters. The average molecular weight is 270 g/mol. The van der Waals surface area contributed by atoms with Gasteiger partial charge in [-0.15, -0.1) is 0 Å². The molecule has 0 spiro atoms. The zero-order valence-corrected chi connectivity index (χ0v) is 12.3. The summed E-state index contributed by atoms with van der Waals surface area (Å²) >= 11 is 0. The van der Waals surface area contributed by atoms with Crippen molar-refractivity contribution in [2.45, 2.75) is 63.6 Å². The van der Waals surface area contributed by atoms with Gasteiger partial charge in [0, 0.05) is 25.3 Å². The number of nitrogens with one attached hydrogen (secondary N) is 2. The maximum atomic E-state index is 5.66. The molecular formula is C15H30N2O2. The fraction of sp³-hybridized carbons (Fsp3) is 1.00. The van der Waals surface area contributed by atoms with Gasteiger partial charge in [-0.05, 0) is 58.5 Å². The van der Waals surface area contributed by atoms with E-state index in [4.69, 9.17) is 9.47 Å². The molecule has 0 bridgehead atoms. The van der Waals surface area contributed by atoms with Gasteiger partial charge in [0.2, 0.25) is 0 Å². The molecule has 2 aliphatic heterocycles. The Bertz CT molecular complexity index is 226. The smallest absolute Gasteiger partial charge is 0.0809 e. The van der Waals surface area contributed by atoms with Crippen LogP contribution in [0.15, 0.2) is 0 Å². The highest BCUT2D eigenvalue weighted by Gasteiger charge is 2.17. The van der Waals surface area contributed by atoms with Gasteiger partial charge in [-0.3, -0.25) is 0 Å². The summed E-state index contributed by atoms with van der Waals surface area (Å²) in [6.45, 7) is 7.09. The minimum absolute atomic E-state index is 0.361. The summed E-state index contributed by atoms with van der Waals surface area (Å²) in [6.07, 6.45) is 7.75. The van der Waals surface area contributed by atoms with Gasteiger partial charge in [0.25, 0.3) is 0 Å². The molecule has 0 aromatic heterocycles. The van der Waals surface area contributed by atoms with Crippen molar-refractivity contribution in [3.8, 4) is 0 Å². The summed E-state index contributed by atoms with van der Waals surface area (Å²) in [5.41, 5.74) is 0. The summed E-state index contributed by atoms with van der Waals surface area (Å²) in [5.74, 6) is 0. The molecule has 112 valence electrons. The van der Waals surface area contributed by atoms with E-state index in [9.17, 15) is 0 Å². The topological polar surface area (TPSA) is 42.5 Å². The van der Waals surface area contributed by atoms with Gasteiger partial charge in [-0.2, -0.15) is 0 Å². The van der Waals surface area contributed by atoms with Crippen LogP contribution in [0.5, 0.6) is 0 Å². The van der Waals surface area contributed by atoms with Crippen LogP contribution in [0.4, 0.5) is 0 Å². The van der Waals surface area contributed by atoms with Gasteiger partial charge < -0.3 is 20.1 Å². The van der Waals surface area contributed by atoms with Crippen LogP contribution in [0, 0.1) is 0 Å². The zero-order valence-electron chi connectivity index (χ0n) is 12.3. The molecule has 4 nitrogen and oxygen atoms in total. The molecule has 0 aliphatic carbocycles. The van der Waals surface area contributed by atoms with Crippen molar-refractivity contribution in [3.63, 3.8) is 0 Å². The number of hydrogen-bond donors (Lipinski definition) is 2. The van der Waals surface area contributed by atoms with E-state index in [0.717, 1.165) is 38.8 Å². The lowest BCUT2D eigenvalue weighted by molar-refractivity contribution is 0.0165. The largest absolute Gasteiger partial charge is 0.379 e. The minimum Gasteiger partial charge on any atom is -0.379 e. The molecular weight excluding hydrogens is 240 g/mol. The third-order valence-electron chi connectivity index (χ3n) is 4.09. The Morgan fingerprint density at radius 2 is 2.32 bits per heavy atom. The van der Waals surface area contributed by atoms with E-state index in [-0.39, 0.29) is 0 Å². The first-order valence-corrected chi connectivity index (χ1v) is 8.00. The van der Waals surface area contributed by atoms with Crippen molar-refractivity contribution in [1.29, 1.82) is 0 Å². The second-order valence-electron chi connectivity index (χ2n) is 5.95. The van der Waals surface area contributed by atoms with Crippen LogP contribution in [0.3, 0.4) is 0 Å². The molecule has 2 aliphatic rings. The van der Waals surface area contributed by atoms with Crippen LogP contribution in [0.25, 0.3) is 0 Å². The van der Waals surface area contributed by atoms with E-state index in [1.165, 1.54) is 38.6 Å². The van der Waals surface area contributed by atoms with Crippen molar-refractivity contribution in [3.05, 3.63) is 0 Å². The molecule has 0 aromatic rings. The minimum atomic E-state index is 0.361. The van der Waals surface area contributed by atoms with E-state index in [1.54, 1.807) is 0 Å². The van der Waals surface area contributed by atoms with E-state index >= 15 is 0 Å². The lowest BCUT2D eigenvalue weighted by Crippen LogP contribution is -2.34. The Kier molecular flexibility index (Phi) is 7.14. The molecule has 3 atom stereocenters. The molecule has 0 radical (unpaired) electrons. The Hall–Kier alpha value is -0.160. The monoisotopic (exact) mass is 270 g/mol. The van der Waals surface area contributed by atoms with Crippen LogP contribution < -0.4 is 10.6 Å². The normalized spacial score (nSPS) is 28.9. The van der Waals surface area contributed by atoms with Gasteiger partial charge >= 0.3 is 0 Å². The molecule has 2 rings (SSSR count). The van der Waals surface area contributed by atoms with Gasteiger partial charge in [0.1, 0.15) is 0 Å². The molecule has 2 fully saturated rings. The first kappa shape index (κ1) is 15.2. The number of ether oxygens (including phenoxy) is 2. The summed E-state index contributed by atoms with van der Waals surface area (Å²) in [6, 6.07) is 1.34. The lowest BCUT2D eigenvalue weighted by atomic mass is 10.1. The Labute approximate surface area is 117 Å². The van der Waals surface area contributed by atoms with Crippen molar-refractivity contribution in [1.82, 2.24) is 10.6 Å². The zero-order chi connectivity index (χ0) is 13.3. The lowest BCUT2D eigenvalue weighted by Gasteiger charge is -2.18. The maximum Gasteiger partial charge on any atom is 0.0809 e. The molecule has 2 saturated heterocycles. The van der Waals surface area contributed by atoms with Crippen LogP contribution in [-0.4, -0.2) is 51.1 Å². The molecule has 0 amide bonds. The Balaban J connectivity index is 1.38. The molecule has 2 N–H and O–H groups in total. The van der Waals surface area contributed by atoms with Crippen LogP contribution in [-0.2, 0) is 9.47 Å². The second-order valence-corrected chi connectivity index (χ2v) is 5.95. The van der Waals surface area contributed by atoms with Gasteiger partial charge in [0.05, 0.1) is 12.7 Å². The number of rotatable bonds is 9. The first-order chi connectivity index (χ1) is 9.34. The Morgan fingerprint density at radius 1 is 1.37 bits per heavy atom. The number of hydrogen-bond acceptors (Lipinski definition) is 4. The van der Waals surface area contributed by atoms with Crippen LogP contribution in [0.2, 0.25) is 0 Å². The summed E-state index contributed by atoms with van der Waals surface area (Å²) in [7, 11) is 0. The van der Waals surface area contributed by atoms with Gasteiger partial charge in [-0.25, -0.2) is 0 Å². The highest BCUT2D eigenvalue weighted by Crippen LogP contribution is 2.12. The summed E-state index contributed by atoms with van der Waals surface area (Å²) in [5, 5.41) is 7.14. The molecule has 4 heteroatoms. The van der Waals surface area contributed by atoms with Crippen molar-refractivity contribution in [2.24, 2.45) is 0 Å².